The zero-order valence-corrected chi connectivity index (χ0v) is 44.0. The van der Waals surface area contributed by atoms with E-state index in [-0.39, 0.29) is 59.8 Å². The maximum Gasteiger partial charge on any atom is 0.274 e. The number of hydrogen-bond donors (Lipinski definition) is 2. The average Bonchev–Trinajstić information content (AvgIpc) is 3.87. The topological polar surface area (TPSA) is 222 Å². The molecule has 6 rings (SSSR count). The van der Waals surface area contributed by atoms with Crippen LogP contribution in [0.25, 0.3) is 11.6 Å². The molecule has 16 nitrogen and oxygen atoms in total. The van der Waals surface area contributed by atoms with E-state index in [1.165, 1.54) is 75.9 Å². The number of nitrogen functional groups attached to an aromatic ring is 1. The van der Waals surface area contributed by atoms with Gasteiger partial charge in [-0.2, -0.15) is 20.7 Å². The SMILES string of the molecule is CN(C(=O)c1cc(Cl)cc(Cl)c1N)C(C)(C)C#N.CN(C(=O)c1cc(Cl)cc(Cl)c1NC(=O)c1cc(Br)nn1-c1ncccc1Cl)C(C)(C)C#N.O=C(Cl)c1cc(Br)nn1-c1ncccc1Cl. The quantitative estimate of drug-likeness (QED) is 0.102. The van der Waals surface area contributed by atoms with Crippen molar-refractivity contribution in [2.24, 2.45) is 0 Å². The lowest BCUT2D eigenvalue weighted by molar-refractivity contribution is 0.0691. The molecule has 0 bridgehead atoms. The summed E-state index contributed by atoms with van der Waals surface area (Å²) in [6, 6.07) is 19.3. The van der Waals surface area contributed by atoms with Crippen molar-refractivity contribution >= 4 is 147 Å². The van der Waals surface area contributed by atoms with E-state index < -0.39 is 34.0 Å². The van der Waals surface area contributed by atoms with E-state index in [0.717, 1.165) is 0 Å². The Labute approximate surface area is 435 Å². The van der Waals surface area contributed by atoms with Gasteiger partial charge in [0.15, 0.2) is 11.6 Å². The molecule has 0 saturated heterocycles. The zero-order valence-electron chi connectivity index (χ0n) is 35.5. The monoisotopic (exact) mass is 1170 g/mol. The number of anilines is 2. The van der Waals surface area contributed by atoms with Crippen LogP contribution in [0.5, 0.6) is 0 Å². The van der Waals surface area contributed by atoms with E-state index >= 15 is 0 Å². The first-order valence-corrected chi connectivity index (χ1v) is 22.9. The highest BCUT2D eigenvalue weighted by atomic mass is 79.9. The molecule has 0 atom stereocenters. The third kappa shape index (κ3) is 13.2. The second-order valence-electron chi connectivity index (χ2n) is 14.6. The highest BCUT2D eigenvalue weighted by molar-refractivity contribution is 9.10. The number of nitrogens with two attached hydrogens (primary N) is 1. The van der Waals surface area contributed by atoms with E-state index in [2.05, 4.69) is 63.4 Å². The van der Waals surface area contributed by atoms with Crippen molar-refractivity contribution in [2.75, 3.05) is 25.1 Å². The minimum atomic E-state index is -1.12. The zero-order chi connectivity index (χ0) is 50.3. The summed E-state index contributed by atoms with van der Waals surface area (Å²) in [6.07, 6.45) is 3.07. The molecule has 0 fully saturated rings. The number of rotatable bonds is 9. The lowest BCUT2D eigenvalue weighted by atomic mass is 10.0. The number of nitriles is 2. The molecule has 0 unspecified atom stereocenters. The molecule has 4 heterocycles. The van der Waals surface area contributed by atoms with Gasteiger partial charge < -0.3 is 20.9 Å². The van der Waals surface area contributed by atoms with Gasteiger partial charge in [0.1, 0.15) is 31.7 Å². The Bertz CT molecular complexity index is 2990. The van der Waals surface area contributed by atoms with Crippen LogP contribution in [0.3, 0.4) is 0 Å². The van der Waals surface area contributed by atoms with Crippen molar-refractivity contribution in [3.8, 4) is 23.8 Å². The van der Waals surface area contributed by atoms with Crippen LogP contribution in [0.2, 0.25) is 30.1 Å². The Morgan fingerprint density at radius 2 is 1.09 bits per heavy atom. The second kappa shape index (κ2) is 22.9. The lowest BCUT2D eigenvalue weighted by Crippen LogP contribution is -2.44. The standard InChI is InChI=1S/C21H16BrCl3N6O2.C12H13Cl2N3O.C9H4BrCl2N3O/c1-21(2,10-26)30(3)20(33)12-7-11(23)8-14(25)17(12)28-19(32)15-9-16(22)29-31(15)18-13(24)5-4-6-27-18;1-12(2,6-15)17(3)11(18)8-4-7(13)5-9(14)10(8)16;10-7-4-6(8(12)16)15(14-7)9-5(11)2-1-3-13-9/h4-9H,1-3H3,(H,28,32);4-5H,16H2,1-3H3;1-4H. The van der Waals surface area contributed by atoms with Gasteiger partial charge in [0.2, 0.25) is 0 Å². The van der Waals surface area contributed by atoms with Crippen LogP contribution < -0.4 is 11.1 Å². The number of aromatic nitrogens is 6. The Balaban J connectivity index is 0.000000242. The fourth-order valence-corrected chi connectivity index (χ4v) is 7.55. The summed E-state index contributed by atoms with van der Waals surface area (Å²) in [4.78, 5) is 60.6. The number of carbonyl (C=O) groups excluding carboxylic acids is 4. The normalized spacial score (nSPS) is 10.9. The fraction of sp³-hybridized carbons (Fsp3) is 0.190. The maximum atomic E-state index is 13.2. The molecule has 0 radical (unpaired) electrons. The summed E-state index contributed by atoms with van der Waals surface area (Å²) in [5.41, 5.74) is 4.38. The minimum absolute atomic E-state index is 0.0210. The molecule has 25 heteroatoms. The molecule has 4 aromatic heterocycles. The predicted octanol–water partition coefficient (Wildman–Crippen LogP) is 11.6. The number of halogens is 9. The summed E-state index contributed by atoms with van der Waals surface area (Å²) in [5.74, 6) is -0.981. The molecule has 0 spiro atoms. The highest BCUT2D eigenvalue weighted by Gasteiger charge is 2.32. The molecule has 3 N–H and O–H groups in total. The van der Waals surface area contributed by atoms with Gasteiger partial charge in [0, 0.05) is 48.7 Å². The first kappa shape index (κ1) is 54.6. The summed E-state index contributed by atoms with van der Waals surface area (Å²) in [5, 5.41) is 30.2. The second-order valence-corrected chi connectivity index (χ2v) is 19.1. The average molecular weight is 1180 g/mol. The molecule has 0 saturated carbocycles. The maximum absolute atomic E-state index is 13.2. The van der Waals surface area contributed by atoms with E-state index in [1.54, 1.807) is 58.2 Å². The Kier molecular flexibility index (Phi) is 18.6. The largest absolute Gasteiger partial charge is 0.397 e. The van der Waals surface area contributed by atoms with Crippen LogP contribution in [0.4, 0.5) is 11.4 Å². The predicted molar refractivity (Wildman–Crippen MR) is 267 cm³/mol. The van der Waals surface area contributed by atoms with Gasteiger partial charge in [0.25, 0.3) is 23.0 Å². The number of nitrogens with one attached hydrogen (secondary N) is 1. The molecular formula is C42H33Br2Cl7N12O4. The number of amides is 3. The van der Waals surface area contributed by atoms with Gasteiger partial charge in [-0.3, -0.25) is 19.2 Å². The van der Waals surface area contributed by atoms with E-state index in [4.69, 9.17) is 92.2 Å². The van der Waals surface area contributed by atoms with Crippen LogP contribution in [0, 0.1) is 22.7 Å². The van der Waals surface area contributed by atoms with E-state index in [9.17, 15) is 24.4 Å². The van der Waals surface area contributed by atoms with E-state index in [1.807, 2.05) is 6.07 Å². The summed E-state index contributed by atoms with van der Waals surface area (Å²) < 4.78 is 3.40. The lowest BCUT2D eigenvalue weighted by Gasteiger charge is -2.30. The van der Waals surface area contributed by atoms with Crippen molar-refractivity contribution in [3.63, 3.8) is 0 Å². The number of hydrogen-bond acceptors (Lipinski definition) is 11. The van der Waals surface area contributed by atoms with Gasteiger partial charge in [0.05, 0.1) is 54.7 Å². The number of carbonyl (C=O) groups is 4. The van der Waals surface area contributed by atoms with Crippen molar-refractivity contribution in [3.05, 3.63) is 135 Å². The molecule has 6 aromatic rings. The first-order chi connectivity index (χ1) is 31.3. The molecule has 3 amide bonds. The van der Waals surface area contributed by atoms with Crippen LogP contribution in [0.1, 0.15) is 69.4 Å². The van der Waals surface area contributed by atoms with Gasteiger partial charge in [-0.05, 0) is 120 Å². The van der Waals surface area contributed by atoms with Crippen molar-refractivity contribution in [1.29, 1.82) is 10.5 Å². The third-order valence-electron chi connectivity index (χ3n) is 9.35. The number of nitrogens with zero attached hydrogens (tertiary/aromatic N) is 10. The van der Waals surface area contributed by atoms with Crippen LogP contribution in [0.15, 0.2) is 82.3 Å². The first-order valence-electron chi connectivity index (χ1n) is 18.6. The Morgan fingerprint density at radius 3 is 1.54 bits per heavy atom. The van der Waals surface area contributed by atoms with Crippen molar-refractivity contribution < 1.29 is 19.2 Å². The third-order valence-corrected chi connectivity index (χ3v) is 12.0. The molecule has 0 aliphatic heterocycles. The van der Waals surface area contributed by atoms with Crippen LogP contribution in [-0.2, 0) is 0 Å². The van der Waals surface area contributed by atoms with Gasteiger partial charge in [-0.25, -0.2) is 19.3 Å². The molecule has 0 aliphatic rings. The van der Waals surface area contributed by atoms with Crippen LogP contribution in [-0.4, -0.2) is 87.5 Å². The molecular weight excluding hydrogens is 1140 g/mol. The van der Waals surface area contributed by atoms with Gasteiger partial charge >= 0.3 is 0 Å². The fourth-order valence-electron chi connectivity index (χ4n) is 5.22. The Morgan fingerprint density at radius 1 is 0.672 bits per heavy atom. The minimum Gasteiger partial charge on any atom is -0.397 e. The van der Waals surface area contributed by atoms with Crippen LogP contribution >= 0.6 is 113 Å². The molecule has 348 valence electrons. The van der Waals surface area contributed by atoms with Crippen molar-refractivity contribution in [2.45, 2.75) is 38.8 Å². The molecule has 2 aromatic carbocycles. The summed E-state index contributed by atoms with van der Waals surface area (Å²) >= 11 is 48.2. The molecule has 67 heavy (non-hydrogen) atoms. The molecule has 0 aliphatic carbocycles. The van der Waals surface area contributed by atoms with Gasteiger partial charge in [-0.15, -0.1) is 0 Å². The number of pyridine rings is 2. The summed E-state index contributed by atoms with van der Waals surface area (Å²) in [7, 11) is 3.00. The smallest absolute Gasteiger partial charge is 0.274 e. The summed E-state index contributed by atoms with van der Waals surface area (Å²) in [6.45, 7) is 6.43. The Hall–Kier alpha value is -4.99. The van der Waals surface area contributed by atoms with Gasteiger partial charge in [-0.1, -0.05) is 69.6 Å². The van der Waals surface area contributed by atoms with E-state index in [0.29, 0.717) is 25.1 Å². The number of benzene rings is 2. The highest BCUT2D eigenvalue weighted by Crippen LogP contribution is 2.34. The van der Waals surface area contributed by atoms with Crippen molar-refractivity contribution in [1.82, 2.24) is 39.3 Å².